The van der Waals surface area contributed by atoms with E-state index in [4.69, 9.17) is 9.15 Å². The molecule has 1 heterocycles. The number of hydrogen-bond acceptors (Lipinski definition) is 3. The zero-order valence-electron chi connectivity index (χ0n) is 11.8. The van der Waals surface area contributed by atoms with Crippen LogP contribution in [0.1, 0.15) is 56.6 Å². The topological polar surface area (TPSA) is 34.4 Å². The van der Waals surface area contributed by atoms with E-state index in [0.717, 1.165) is 30.9 Å². The summed E-state index contributed by atoms with van der Waals surface area (Å²) in [7, 11) is 1.84. The van der Waals surface area contributed by atoms with E-state index in [1.54, 1.807) is 0 Å². The van der Waals surface area contributed by atoms with Gasteiger partial charge in [-0.2, -0.15) is 0 Å². The van der Waals surface area contributed by atoms with Crippen LogP contribution in [-0.4, -0.2) is 19.3 Å². The van der Waals surface area contributed by atoms with Crippen LogP contribution in [0, 0.1) is 6.92 Å². The molecule has 102 valence electrons. The second-order valence-electron chi connectivity index (χ2n) is 5.40. The van der Waals surface area contributed by atoms with Gasteiger partial charge in [0.25, 0.3) is 0 Å². The molecule has 1 saturated carbocycles. The Kier molecular flexibility index (Phi) is 4.46. The van der Waals surface area contributed by atoms with Crippen molar-refractivity contribution in [3.8, 4) is 0 Å². The number of methoxy groups -OCH3 is 1. The van der Waals surface area contributed by atoms with Gasteiger partial charge < -0.3 is 14.5 Å². The highest BCUT2D eigenvalue weighted by Crippen LogP contribution is 2.42. The van der Waals surface area contributed by atoms with Crippen molar-refractivity contribution in [2.24, 2.45) is 0 Å². The van der Waals surface area contributed by atoms with Gasteiger partial charge in [0.2, 0.25) is 0 Å². The van der Waals surface area contributed by atoms with Gasteiger partial charge in [-0.3, -0.25) is 0 Å². The molecule has 1 aromatic rings. The largest absolute Gasteiger partial charge is 0.465 e. The minimum absolute atomic E-state index is 0.0755. The van der Waals surface area contributed by atoms with Crippen LogP contribution in [0.5, 0.6) is 0 Å². The van der Waals surface area contributed by atoms with E-state index in [-0.39, 0.29) is 11.6 Å². The molecule has 0 aromatic carbocycles. The number of ether oxygens (including phenoxy) is 1. The Balaban J connectivity index is 2.05. The van der Waals surface area contributed by atoms with Crippen molar-refractivity contribution in [2.45, 2.75) is 57.6 Å². The first-order valence-corrected chi connectivity index (χ1v) is 7.04. The van der Waals surface area contributed by atoms with Gasteiger partial charge in [0.05, 0.1) is 11.6 Å². The first kappa shape index (κ1) is 13.6. The van der Waals surface area contributed by atoms with Crippen LogP contribution in [-0.2, 0) is 4.74 Å². The molecular weight excluding hydrogens is 226 g/mol. The Labute approximate surface area is 110 Å². The molecule has 1 N–H and O–H groups in total. The van der Waals surface area contributed by atoms with Gasteiger partial charge in [-0.25, -0.2) is 0 Å². The highest BCUT2D eigenvalue weighted by atomic mass is 16.5. The van der Waals surface area contributed by atoms with Gasteiger partial charge in [0, 0.05) is 7.11 Å². The average molecular weight is 251 g/mol. The maximum atomic E-state index is 5.78. The van der Waals surface area contributed by atoms with Gasteiger partial charge in [-0.1, -0.05) is 6.92 Å². The lowest BCUT2D eigenvalue weighted by molar-refractivity contribution is -0.0849. The van der Waals surface area contributed by atoms with E-state index in [0.29, 0.717) is 0 Å². The summed E-state index contributed by atoms with van der Waals surface area (Å²) >= 11 is 0. The van der Waals surface area contributed by atoms with Crippen LogP contribution in [0.2, 0.25) is 0 Å². The number of furan rings is 1. The zero-order chi connectivity index (χ0) is 13.0. The molecule has 1 atom stereocenters. The molecule has 3 heteroatoms. The Bertz CT molecular complexity index is 363. The molecule has 0 amide bonds. The van der Waals surface area contributed by atoms with Crippen LogP contribution in [0.15, 0.2) is 16.5 Å². The smallest absolute Gasteiger partial charge is 0.121 e. The highest BCUT2D eigenvalue weighted by molar-refractivity contribution is 5.11. The third-order valence-electron chi connectivity index (χ3n) is 4.02. The molecule has 0 radical (unpaired) electrons. The third-order valence-corrected chi connectivity index (χ3v) is 4.02. The molecular formula is C15H25NO2. The minimum atomic E-state index is 0.0755. The van der Waals surface area contributed by atoms with Gasteiger partial charge in [0.15, 0.2) is 0 Å². The lowest BCUT2D eigenvalue weighted by atomic mass is 9.75. The van der Waals surface area contributed by atoms with Gasteiger partial charge in [-0.15, -0.1) is 0 Å². The minimum Gasteiger partial charge on any atom is -0.465 e. The lowest BCUT2D eigenvalue weighted by Gasteiger charge is -2.42. The molecule has 18 heavy (non-hydrogen) atoms. The van der Waals surface area contributed by atoms with Crippen LogP contribution < -0.4 is 5.32 Å². The predicted octanol–water partition coefficient (Wildman–Crippen LogP) is 3.59. The van der Waals surface area contributed by atoms with E-state index in [9.17, 15) is 0 Å². The zero-order valence-corrected chi connectivity index (χ0v) is 11.8. The molecule has 1 unspecified atom stereocenters. The van der Waals surface area contributed by atoms with Crippen molar-refractivity contribution in [1.29, 1.82) is 0 Å². The maximum Gasteiger partial charge on any atom is 0.121 e. The first-order valence-electron chi connectivity index (χ1n) is 7.04. The Morgan fingerprint density at radius 1 is 1.44 bits per heavy atom. The van der Waals surface area contributed by atoms with Gasteiger partial charge >= 0.3 is 0 Å². The molecule has 1 fully saturated rings. The van der Waals surface area contributed by atoms with Crippen LogP contribution in [0.4, 0.5) is 0 Å². The molecule has 0 aliphatic heterocycles. The summed E-state index contributed by atoms with van der Waals surface area (Å²) in [6.07, 6.45) is 5.78. The Hall–Kier alpha value is -0.800. The van der Waals surface area contributed by atoms with Crippen LogP contribution in [0.25, 0.3) is 0 Å². The molecule has 0 bridgehead atoms. The Morgan fingerprint density at radius 2 is 2.22 bits per heavy atom. The van der Waals surface area contributed by atoms with Crippen molar-refractivity contribution >= 4 is 0 Å². The fourth-order valence-corrected chi connectivity index (χ4v) is 2.67. The molecule has 1 aliphatic carbocycles. The maximum absolute atomic E-state index is 5.78. The van der Waals surface area contributed by atoms with Crippen molar-refractivity contribution in [1.82, 2.24) is 5.32 Å². The molecule has 1 aromatic heterocycles. The van der Waals surface area contributed by atoms with Gasteiger partial charge in [-0.05, 0) is 57.7 Å². The third kappa shape index (κ3) is 2.96. The fraction of sp³-hybridized carbons (Fsp3) is 0.733. The summed E-state index contributed by atoms with van der Waals surface area (Å²) in [6, 6.07) is 4.40. The number of aryl methyl sites for hydroxylation is 1. The second kappa shape index (κ2) is 5.89. The number of hydrogen-bond donors (Lipinski definition) is 1. The normalized spacial score (nSPS) is 19.5. The summed E-state index contributed by atoms with van der Waals surface area (Å²) in [5.41, 5.74) is 0.0755. The van der Waals surface area contributed by atoms with Crippen LogP contribution in [0.3, 0.4) is 0 Å². The van der Waals surface area contributed by atoms with Crippen molar-refractivity contribution in [3.05, 3.63) is 23.7 Å². The SMILES string of the molecule is CCCNC(CC1(OC)CCC1)c1ccc(C)o1. The first-order chi connectivity index (χ1) is 8.69. The van der Waals surface area contributed by atoms with E-state index in [1.165, 1.54) is 19.3 Å². The number of nitrogens with one attached hydrogen (secondary N) is 1. The molecule has 3 nitrogen and oxygen atoms in total. The highest BCUT2D eigenvalue weighted by Gasteiger charge is 2.39. The van der Waals surface area contributed by atoms with Gasteiger partial charge in [0.1, 0.15) is 11.5 Å². The average Bonchev–Trinajstić information content (AvgIpc) is 2.74. The molecule has 2 rings (SSSR count). The van der Waals surface area contributed by atoms with Crippen molar-refractivity contribution in [3.63, 3.8) is 0 Å². The summed E-state index contributed by atoms with van der Waals surface area (Å²) in [5, 5.41) is 3.58. The van der Waals surface area contributed by atoms with E-state index >= 15 is 0 Å². The van der Waals surface area contributed by atoms with E-state index < -0.39 is 0 Å². The summed E-state index contributed by atoms with van der Waals surface area (Å²) in [6.45, 7) is 5.20. The number of rotatable bonds is 7. The predicted molar refractivity (Wildman–Crippen MR) is 72.7 cm³/mol. The lowest BCUT2D eigenvalue weighted by Crippen LogP contribution is -2.42. The van der Waals surface area contributed by atoms with Crippen molar-refractivity contribution in [2.75, 3.05) is 13.7 Å². The molecule has 0 saturated heterocycles. The van der Waals surface area contributed by atoms with Crippen LogP contribution >= 0.6 is 0 Å². The fourth-order valence-electron chi connectivity index (χ4n) is 2.67. The molecule has 1 aliphatic rings. The quantitative estimate of drug-likeness (QED) is 0.804. The summed E-state index contributed by atoms with van der Waals surface area (Å²) < 4.78 is 11.5. The summed E-state index contributed by atoms with van der Waals surface area (Å²) in [5.74, 6) is 2.03. The van der Waals surface area contributed by atoms with Crippen molar-refractivity contribution < 1.29 is 9.15 Å². The van der Waals surface area contributed by atoms with E-state index in [1.807, 2.05) is 20.1 Å². The second-order valence-corrected chi connectivity index (χ2v) is 5.40. The Morgan fingerprint density at radius 3 is 2.67 bits per heavy atom. The summed E-state index contributed by atoms with van der Waals surface area (Å²) in [4.78, 5) is 0. The van der Waals surface area contributed by atoms with E-state index in [2.05, 4.69) is 18.3 Å². The standard InChI is InChI=1S/C15H25NO2/c1-4-10-16-13(14-7-6-12(2)18-14)11-15(17-3)8-5-9-15/h6-7,13,16H,4-5,8-11H2,1-3H3. The molecule has 0 spiro atoms. The monoisotopic (exact) mass is 251 g/mol.